The summed E-state index contributed by atoms with van der Waals surface area (Å²) in [5.41, 5.74) is 16.8. The Bertz CT molecular complexity index is 1290. The molecule has 0 nitrogen and oxygen atoms in total. The first-order valence-electron chi connectivity index (χ1n) is 15.3. The molecule has 0 N–H and O–H groups in total. The summed E-state index contributed by atoms with van der Waals surface area (Å²) in [6, 6.07) is 10.5. The average Bonchev–Trinajstić information content (AvgIpc) is 3.28. The van der Waals surface area contributed by atoms with Crippen molar-refractivity contribution in [1.82, 2.24) is 0 Å². The molecule has 2 atom stereocenters. The van der Waals surface area contributed by atoms with E-state index in [4.69, 9.17) is 0 Å². The van der Waals surface area contributed by atoms with E-state index in [2.05, 4.69) is 116 Å². The van der Waals surface area contributed by atoms with Crippen LogP contribution in [-0.4, -0.2) is 8.07 Å². The Kier molecular flexibility index (Phi) is 6.97. The second-order valence-electron chi connectivity index (χ2n) is 15.2. The molecule has 0 saturated heterocycles. The molecule has 2 unspecified atom stereocenters. The molecule has 4 bridgehead atoms. The van der Waals surface area contributed by atoms with Gasteiger partial charge in [-0.15, -0.1) is 0 Å². The predicted octanol–water partition coefficient (Wildman–Crippen LogP) is 11.6. The molecule has 1 heterocycles. The Hall–Kier alpha value is -0.980. The van der Waals surface area contributed by atoms with Crippen LogP contribution in [0.3, 0.4) is 0 Å². The van der Waals surface area contributed by atoms with Gasteiger partial charge in [0.2, 0.25) is 0 Å². The summed E-state index contributed by atoms with van der Waals surface area (Å²) in [5, 5.41) is 3.62. The number of benzene rings is 2. The molecule has 0 aromatic heterocycles. The molecular formula is C36H52SiZr. The number of allylic oxidation sites excluding steroid dienone is 2. The van der Waals surface area contributed by atoms with Crippen molar-refractivity contribution in [3.63, 3.8) is 0 Å². The van der Waals surface area contributed by atoms with Crippen LogP contribution in [0.4, 0.5) is 0 Å². The van der Waals surface area contributed by atoms with E-state index in [1.165, 1.54) is 0 Å². The van der Waals surface area contributed by atoms with Gasteiger partial charge in [-0.25, -0.2) is 0 Å². The molecule has 2 aromatic carbocycles. The molecule has 0 fully saturated rings. The van der Waals surface area contributed by atoms with Crippen LogP contribution < -0.4 is 0 Å². The Morgan fingerprint density at radius 2 is 0.921 bits per heavy atom. The average molecular weight is 604 g/mol. The maximum atomic E-state index is 2.81. The van der Waals surface area contributed by atoms with Gasteiger partial charge >= 0.3 is 241 Å². The van der Waals surface area contributed by atoms with Gasteiger partial charge in [0.1, 0.15) is 0 Å². The summed E-state index contributed by atoms with van der Waals surface area (Å²) in [6.07, 6.45) is 0. The number of rotatable bonds is 4. The van der Waals surface area contributed by atoms with Crippen LogP contribution in [0.2, 0.25) is 22.4 Å². The molecular weight excluding hydrogens is 552 g/mol. The van der Waals surface area contributed by atoms with Gasteiger partial charge in [-0.3, -0.25) is 0 Å². The van der Waals surface area contributed by atoms with Crippen molar-refractivity contribution in [2.24, 2.45) is 0 Å². The molecule has 2 aliphatic carbocycles. The number of fused-ring (bicyclic) bond motifs is 8. The van der Waals surface area contributed by atoms with Gasteiger partial charge in [-0.2, -0.15) is 0 Å². The molecule has 3 aliphatic rings. The fraction of sp³-hybridized carbons (Fsp3) is 0.556. The standard InChI is InChI=1S/C34H46Si.2CH3.Zr/c1-19(2)25-15-27-13-23(9)33(31(27)29(17-25)21(5)6)35(11,12)34-24(10)14-28-16-26(20(3)4)18-30(22(7)8)32(28)34;;;/h13-22H,1-12H3;2*1H3;. The summed E-state index contributed by atoms with van der Waals surface area (Å²) in [5.74, 6) is 2.23. The Morgan fingerprint density at radius 1 is 0.579 bits per heavy atom. The van der Waals surface area contributed by atoms with E-state index < -0.39 is 28.3 Å². The van der Waals surface area contributed by atoms with Crippen LogP contribution in [0.1, 0.15) is 145 Å². The van der Waals surface area contributed by atoms with E-state index in [-0.39, 0.29) is 0 Å². The molecule has 2 heteroatoms. The van der Waals surface area contributed by atoms with Gasteiger partial charge in [0.15, 0.2) is 0 Å². The number of hydrogen-bond donors (Lipinski definition) is 0. The Labute approximate surface area is 239 Å². The van der Waals surface area contributed by atoms with Crippen LogP contribution >= 0.6 is 0 Å². The van der Waals surface area contributed by atoms with Crippen LogP contribution in [0.15, 0.2) is 35.4 Å². The Balaban J connectivity index is 1.93. The summed E-state index contributed by atoms with van der Waals surface area (Å²) >= 11 is -2.87. The molecule has 204 valence electrons. The second-order valence-corrected chi connectivity index (χ2v) is 31.2. The zero-order valence-electron chi connectivity index (χ0n) is 26.8. The van der Waals surface area contributed by atoms with Gasteiger partial charge in [0, 0.05) is 0 Å². The van der Waals surface area contributed by atoms with Crippen molar-refractivity contribution in [3.05, 3.63) is 79.9 Å². The van der Waals surface area contributed by atoms with Crippen molar-refractivity contribution in [2.75, 3.05) is 0 Å². The SMILES string of the molecule is CC1=C2c3c(C(C)C)cc(C(C)C)cc3[CH]1[Zr]([CH3])([CH3])[CH]1C(C)=C(c3c(C(C)C)cc(C(C)C)cc31)[Si]2(C)C. The monoisotopic (exact) mass is 602 g/mol. The third-order valence-corrected chi connectivity index (χ3v) is 25.3. The van der Waals surface area contributed by atoms with Crippen molar-refractivity contribution < 1.29 is 20.3 Å². The summed E-state index contributed by atoms with van der Waals surface area (Å²) in [4.78, 5) is 0. The summed E-state index contributed by atoms with van der Waals surface area (Å²) in [6.45, 7) is 29.8. The van der Waals surface area contributed by atoms with E-state index in [0.29, 0.717) is 30.9 Å². The van der Waals surface area contributed by atoms with Gasteiger partial charge < -0.3 is 0 Å². The van der Waals surface area contributed by atoms with E-state index in [1.54, 1.807) is 55.7 Å². The van der Waals surface area contributed by atoms with Crippen molar-refractivity contribution in [1.29, 1.82) is 0 Å². The zero-order valence-corrected chi connectivity index (χ0v) is 30.2. The van der Waals surface area contributed by atoms with Crippen molar-refractivity contribution >= 4 is 18.5 Å². The van der Waals surface area contributed by atoms with Gasteiger partial charge in [0.05, 0.1) is 0 Å². The minimum absolute atomic E-state index is 0.548. The summed E-state index contributed by atoms with van der Waals surface area (Å²) < 4.78 is 6.97. The van der Waals surface area contributed by atoms with Crippen LogP contribution in [-0.2, 0) is 20.3 Å². The fourth-order valence-corrected chi connectivity index (χ4v) is 26.1. The Morgan fingerprint density at radius 3 is 1.21 bits per heavy atom. The van der Waals surface area contributed by atoms with Crippen LogP contribution in [0, 0.1) is 0 Å². The topological polar surface area (TPSA) is 0 Å². The molecule has 0 spiro atoms. The van der Waals surface area contributed by atoms with E-state index in [0.717, 1.165) is 0 Å². The van der Waals surface area contributed by atoms with Gasteiger partial charge in [0.25, 0.3) is 0 Å². The molecule has 0 amide bonds. The third kappa shape index (κ3) is 3.82. The molecule has 0 radical (unpaired) electrons. The fourth-order valence-electron chi connectivity index (χ4n) is 9.00. The number of hydrogen-bond acceptors (Lipinski definition) is 0. The first-order chi connectivity index (χ1) is 17.5. The molecule has 38 heavy (non-hydrogen) atoms. The third-order valence-electron chi connectivity index (χ3n) is 10.5. The molecule has 2 aromatic rings. The predicted molar refractivity (Wildman–Crippen MR) is 169 cm³/mol. The van der Waals surface area contributed by atoms with E-state index in [9.17, 15) is 0 Å². The molecule has 5 rings (SSSR count). The van der Waals surface area contributed by atoms with E-state index in [1.807, 2.05) is 10.4 Å². The molecule has 1 aliphatic heterocycles. The zero-order chi connectivity index (χ0) is 28.2. The minimum atomic E-state index is -2.87. The normalized spacial score (nSPS) is 23.1. The quantitative estimate of drug-likeness (QED) is 0.305. The second kappa shape index (κ2) is 9.27. The van der Waals surface area contributed by atoms with Gasteiger partial charge in [-0.1, -0.05) is 0 Å². The van der Waals surface area contributed by atoms with E-state index >= 15 is 0 Å². The maximum absolute atomic E-state index is 2.87. The van der Waals surface area contributed by atoms with Crippen molar-refractivity contribution in [2.45, 2.75) is 123 Å². The van der Waals surface area contributed by atoms with Crippen molar-refractivity contribution in [3.8, 4) is 0 Å². The van der Waals surface area contributed by atoms with Crippen LogP contribution in [0.25, 0.3) is 10.4 Å². The van der Waals surface area contributed by atoms with Gasteiger partial charge in [-0.05, 0) is 0 Å². The summed E-state index contributed by atoms with van der Waals surface area (Å²) in [7, 11) is -1.99. The molecule has 0 saturated carbocycles. The first-order valence-corrected chi connectivity index (χ1v) is 26.1. The van der Waals surface area contributed by atoms with Crippen LogP contribution in [0.5, 0.6) is 0 Å². The first kappa shape index (κ1) is 28.5.